The SMILES string of the molecule is Cc1ccccc1C(=O)NCC(c1ccc(N(C)C)cc1)c1c[nH]c2ccccc12. The zero-order chi connectivity index (χ0) is 21.1. The zero-order valence-corrected chi connectivity index (χ0v) is 17.6. The lowest BCUT2D eigenvalue weighted by Crippen LogP contribution is -2.29. The topological polar surface area (TPSA) is 48.1 Å². The summed E-state index contributed by atoms with van der Waals surface area (Å²) >= 11 is 0. The van der Waals surface area contributed by atoms with E-state index in [1.54, 1.807) is 0 Å². The van der Waals surface area contributed by atoms with Crippen LogP contribution in [0.5, 0.6) is 0 Å². The molecule has 4 heteroatoms. The largest absolute Gasteiger partial charge is 0.378 e. The first-order valence-corrected chi connectivity index (χ1v) is 10.2. The van der Waals surface area contributed by atoms with Crippen molar-refractivity contribution >= 4 is 22.5 Å². The number of nitrogens with one attached hydrogen (secondary N) is 2. The predicted octanol–water partition coefficient (Wildman–Crippen LogP) is 5.10. The Balaban J connectivity index is 1.67. The van der Waals surface area contributed by atoms with E-state index in [0.29, 0.717) is 6.54 Å². The standard InChI is InChI=1S/C26H27N3O/c1-18-8-4-5-9-21(18)26(30)28-16-23(19-12-14-20(15-13-19)29(2)3)24-17-27-25-11-7-6-10-22(24)25/h4-15,17,23,27H,16H2,1-3H3,(H,28,30). The average molecular weight is 398 g/mol. The van der Waals surface area contributed by atoms with Crippen LogP contribution in [0.25, 0.3) is 10.9 Å². The van der Waals surface area contributed by atoms with E-state index in [0.717, 1.165) is 22.3 Å². The van der Waals surface area contributed by atoms with Gasteiger partial charge in [0.05, 0.1) is 0 Å². The fourth-order valence-corrected chi connectivity index (χ4v) is 3.91. The summed E-state index contributed by atoms with van der Waals surface area (Å²) in [7, 11) is 4.07. The third kappa shape index (κ3) is 3.94. The first-order chi connectivity index (χ1) is 14.5. The molecule has 0 spiro atoms. The molecule has 1 atom stereocenters. The minimum Gasteiger partial charge on any atom is -0.378 e. The lowest BCUT2D eigenvalue weighted by atomic mass is 9.90. The first kappa shape index (κ1) is 19.8. The van der Waals surface area contributed by atoms with Gasteiger partial charge in [0.25, 0.3) is 5.91 Å². The second-order valence-electron chi connectivity index (χ2n) is 7.85. The zero-order valence-electron chi connectivity index (χ0n) is 17.6. The van der Waals surface area contributed by atoms with Gasteiger partial charge >= 0.3 is 0 Å². The molecule has 2 N–H and O–H groups in total. The molecule has 4 nitrogen and oxygen atoms in total. The molecule has 0 saturated carbocycles. The normalized spacial score (nSPS) is 12.0. The van der Waals surface area contributed by atoms with E-state index < -0.39 is 0 Å². The number of carbonyl (C=O) groups is 1. The van der Waals surface area contributed by atoms with Crippen LogP contribution in [0.2, 0.25) is 0 Å². The molecule has 1 unspecified atom stereocenters. The van der Waals surface area contributed by atoms with Gasteiger partial charge in [-0.3, -0.25) is 4.79 Å². The van der Waals surface area contributed by atoms with Crippen LogP contribution < -0.4 is 10.2 Å². The maximum Gasteiger partial charge on any atom is 0.251 e. The number of rotatable bonds is 6. The molecule has 152 valence electrons. The summed E-state index contributed by atoms with van der Waals surface area (Å²) in [6.45, 7) is 2.49. The highest BCUT2D eigenvalue weighted by Crippen LogP contribution is 2.31. The van der Waals surface area contributed by atoms with E-state index in [4.69, 9.17) is 0 Å². The molecule has 0 saturated heterocycles. The summed E-state index contributed by atoms with van der Waals surface area (Å²) in [5.41, 5.74) is 6.32. The van der Waals surface area contributed by atoms with Crippen LogP contribution in [0.15, 0.2) is 79.0 Å². The highest BCUT2D eigenvalue weighted by Gasteiger charge is 2.20. The van der Waals surface area contributed by atoms with Gasteiger partial charge in [0.2, 0.25) is 0 Å². The molecule has 1 heterocycles. The van der Waals surface area contributed by atoms with Gasteiger partial charge in [-0.05, 0) is 47.9 Å². The van der Waals surface area contributed by atoms with Crippen molar-refractivity contribution in [3.05, 3.63) is 101 Å². The molecular formula is C26H27N3O. The molecule has 1 amide bonds. The molecule has 4 aromatic rings. The van der Waals surface area contributed by atoms with Crippen molar-refractivity contribution in [2.24, 2.45) is 0 Å². The summed E-state index contributed by atoms with van der Waals surface area (Å²) in [4.78, 5) is 18.3. The second-order valence-corrected chi connectivity index (χ2v) is 7.85. The summed E-state index contributed by atoms with van der Waals surface area (Å²) in [5, 5.41) is 4.35. The van der Waals surface area contributed by atoms with Crippen LogP contribution in [0.3, 0.4) is 0 Å². The number of benzene rings is 3. The van der Waals surface area contributed by atoms with E-state index in [1.807, 2.05) is 51.4 Å². The van der Waals surface area contributed by atoms with Gasteiger partial charge in [0.1, 0.15) is 0 Å². The Hall–Kier alpha value is -3.53. The van der Waals surface area contributed by atoms with E-state index in [1.165, 1.54) is 16.5 Å². The van der Waals surface area contributed by atoms with E-state index in [2.05, 4.69) is 63.9 Å². The first-order valence-electron chi connectivity index (χ1n) is 10.2. The summed E-state index contributed by atoms with van der Waals surface area (Å²) in [5.74, 6) is 0.00758. The maximum absolute atomic E-state index is 12.9. The molecule has 0 bridgehead atoms. The van der Waals surface area contributed by atoms with Gasteiger partial charge in [-0.1, -0.05) is 48.5 Å². The lowest BCUT2D eigenvalue weighted by molar-refractivity contribution is 0.0952. The Bertz CT molecular complexity index is 1160. The number of aryl methyl sites for hydroxylation is 1. The number of hydrogen-bond donors (Lipinski definition) is 2. The van der Waals surface area contributed by atoms with Gasteiger partial charge < -0.3 is 15.2 Å². The number of amides is 1. The number of nitrogens with zero attached hydrogens (tertiary/aromatic N) is 1. The summed E-state index contributed by atoms with van der Waals surface area (Å²) in [6, 6.07) is 24.5. The van der Waals surface area contributed by atoms with Crippen LogP contribution in [0, 0.1) is 6.92 Å². The second kappa shape index (κ2) is 8.46. The molecule has 0 aliphatic rings. The minimum absolute atomic E-state index is 0.0390. The van der Waals surface area contributed by atoms with E-state index in [9.17, 15) is 4.79 Å². The molecule has 4 rings (SSSR count). The third-order valence-electron chi connectivity index (χ3n) is 5.66. The number of H-pyrrole nitrogens is 1. The average Bonchev–Trinajstić information content (AvgIpc) is 3.18. The van der Waals surface area contributed by atoms with Crippen LogP contribution >= 0.6 is 0 Å². The molecule has 0 aliphatic carbocycles. The van der Waals surface area contributed by atoms with Crippen molar-refractivity contribution in [2.45, 2.75) is 12.8 Å². The number of aromatic nitrogens is 1. The molecular weight excluding hydrogens is 370 g/mol. The minimum atomic E-state index is -0.0390. The predicted molar refractivity (Wildman–Crippen MR) is 124 cm³/mol. The van der Waals surface area contributed by atoms with Crippen LogP contribution in [0.1, 0.15) is 33.0 Å². The number of anilines is 1. The Morgan fingerprint density at radius 3 is 2.40 bits per heavy atom. The molecule has 30 heavy (non-hydrogen) atoms. The van der Waals surface area contributed by atoms with Gasteiger partial charge in [-0.25, -0.2) is 0 Å². The van der Waals surface area contributed by atoms with E-state index >= 15 is 0 Å². The Morgan fingerprint density at radius 2 is 1.67 bits per heavy atom. The van der Waals surface area contributed by atoms with Crippen molar-refractivity contribution in [2.75, 3.05) is 25.5 Å². The molecule has 1 aromatic heterocycles. The van der Waals surface area contributed by atoms with Gasteiger partial charge in [0, 0.05) is 54.9 Å². The van der Waals surface area contributed by atoms with Crippen molar-refractivity contribution in [1.82, 2.24) is 10.3 Å². The van der Waals surface area contributed by atoms with Gasteiger partial charge in [-0.15, -0.1) is 0 Å². The molecule has 0 aliphatic heterocycles. The fourth-order valence-electron chi connectivity index (χ4n) is 3.91. The molecule has 0 fully saturated rings. The number of aromatic amines is 1. The maximum atomic E-state index is 12.9. The summed E-state index contributed by atoms with van der Waals surface area (Å²) < 4.78 is 0. The summed E-state index contributed by atoms with van der Waals surface area (Å²) in [6.07, 6.45) is 2.06. The Kier molecular flexibility index (Phi) is 5.57. The highest BCUT2D eigenvalue weighted by atomic mass is 16.1. The van der Waals surface area contributed by atoms with Crippen molar-refractivity contribution in [3.63, 3.8) is 0 Å². The van der Waals surface area contributed by atoms with Gasteiger partial charge in [-0.2, -0.15) is 0 Å². The lowest BCUT2D eigenvalue weighted by Gasteiger charge is -2.20. The van der Waals surface area contributed by atoms with Crippen molar-refractivity contribution in [3.8, 4) is 0 Å². The van der Waals surface area contributed by atoms with E-state index in [-0.39, 0.29) is 11.8 Å². The van der Waals surface area contributed by atoms with Crippen LogP contribution in [-0.4, -0.2) is 31.5 Å². The number of fused-ring (bicyclic) bond motifs is 1. The Morgan fingerprint density at radius 1 is 0.967 bits per heavy atom. The number of hydrogen-bond acceptors (Lipinski definition) is 2. The van der Waals surface area contributed by atoms with Gasteiger partial charge in [0.15, 0.2) is 0 Å². The molecule has 0 radical (unpaired) electrons. The quantitative estimate of drug-likeness (QED) is 0.475. The Labute approximate surface area is 177 Å². The number of para-hydroxylation sites is 1. The van der Waals surface area contributed by atoms with Crippen LogP contribution in [-0.2, 0) is 0 Å². The molecule has 3 aromatic carbocycles. The highest BCUT2D eigenvalue weighted by molar-refractivity contribution is 5.95. The monoisotopic (exact) mass is 397 g/mol. The van der Waals surface area contributed by atoms with Crippen molar-refractivity contribution < 1.29 is 4.79 Å². The number of carbonyl (C=O) groups excluding carboxylic acids is 1. The van der Waals surface area contributed by atoms with Crippen LogP contribution in [0.4, 0.5) is 5.69 Å². The fraction of sp³-hybridized carbons (Fsp3) is 0.192. The third-order valence-corrected chi connectivity index (χ3v) is 5.66. The van der Waals surface area contributed by atoms with Crippen molar-refractivity contribution in [1.29, 1.82) is 0 Å². The smallest absolute Gasteiger partial charge is 0.251 e.